The van der Waals surface area contributed by atoms with E-state index in [1.54, 1.807) is 30.5 Å². The van der Waals surface area contributed by atoms with Crippen LogP contribution in [0.15, 0.2) is 41.3 Å². The van der Waals surface area contributed by atoms with Gasteiger partial charge in [-0.2, -0.15) is 0 Å². The molecule has 0 bridgehead atoms. The molecule has 1 fully saturated rings. The number of aromatic nitrogens is 1. The van der Waals surface area contributed by atoms with Gasteiger partial charge in [0.05, 0.1) is 6.54 Å². The van der Waals surface area contributed by atoms with Crippen molar-refractivity contribution in [3.8, 4) is 5.75 Å². The third-order valence-electron chi connectivity index (χ3n) is 5.24. The minimum absolute atomic E-state index is 0.101. The standard InChI is InChI=1S/C21H28FN3O2/c1-21(2,3)25-12-10-23(11-13-25)14-17-8-9-24(20(27)19(17)26)15-16-6-4-5-7-18(16)22/h4-9,26H,10-15H2,1-3H3. The highest BCUT2D eigenvalue weighted by molar-refractivity contribution is 5.30. The lowest BCUT2D eigenvalue weighted by Gasteiger charge is -2.42. The lowest BCUT2D eigenvalue weighted by Crippen LogP contribution is -2.53. The number of pyridine rings is 1. The molecule has 0 unspecified atom stereocenters. The summed E-state index contributed by atoms with van der Waals surface area (Å²) < 4.78 is 15.2. The Bertz CT molecular complexity index is 849. The van der Waals surface area contributed by atoms with E-state index in [1.165, 1.54) is 10.6 Å². The second-order valence-electron chi connectivity index (χ2n) is 8.15. The van der Waals surface area contributed by atoms with Crippen LogP contribution in [0, 0.1) is 5.82 Å². The third kappa shape index (κ3) is 4.57. The van der Waals surface area contributed by atoms with E-state index in [2.05, 4.69) is 30.6 Å². The Morgan fingerprint density at radius 1 is 1.00 bits per heavy atom. The molecular weight excluding hydrogens is 345 g/mol. The summed E-state index contributed by atoms with van der Waals surface area (Å²) in [6, 6.07) is 8.11. The largest absolute Gasteiger partial charge is 0.503 e. The van der Waals surface area contributed by atoms with E-state index in [9.17, 15) is 14.3 Å². The van der Waals surface area contributed by atoms with Crippen LogP contribution in [0.2, 0.25) is 0 Å². The molecule has 1 N–H and O–H groups in total. The molecule has 3 rings (SSSR count). The van der Waals surface area contributed by atoms with Crippen LogP contribution in [0.3, 0.4) is 0 Å². The summed E-state index contributed by atoms with van der Waals surface area (Å²) in [4.78, 5) is 17.2. The molecule has 1 saturated heterocycles. The summed E-state index contributed by atoms with van der Waals surface area (Å²) in [5.41, 5.74) is 0.713. The van der Waals surface area contributed by atoms with Gasteiger partial charge in [0, 0.05) is 55.6 Å². The molecule has 146 valence electrons. The first-order valence-corrected chi connectivity index (χ1v) is 9.38. The molecule has 0 spiro atoms. The summed E-state index contributed by atoms with van der Waals surface area (Å²) in [5.74, 6) is -0.600. The molecule has 6 heteroatoms. The third-order valence-corrected chi connectivity index (χ3v) is 5.24. The van der Waals surface area contributed by atoms with Gasteiger partial charge in [-0.3, -0.25) is 14.6 Å². The zero-order chi connectivity index (χ0) is 19.6. The molecule has 0 radical (unpaired) electrons. The van der Waals surface area contributed by atoms with Gasteiger partial charge >= 0.3 is 0 Å². The molecule has 2 aromatic rings. The Morgan fingerprint density at radius 2 is 1.67 bits per heavy atom. The Balaban J connectivity index is 1.69. The highest BCUT2D eigenvalue weighted by Gasteiger charge is 2.26. The van der Waals surface area contributed by atoms with E-state index in [0.717, 1.165) is 26.2 Å². The monoisotopic (exact) mass is 373 g/mol. The first kappa shape index (κ1) is 19.6. The quantitative estimate of drug-likeness (QED) is 0.895. The van der Waals surface area contributed by atoms with Gasteiger partial charge in [0.1, 0.15) is 5.82 Å². The van der Waals surface area contributed by atoms with E-state index in [0.29, 0.717) is 17.7 Å². The minimum Gasteiger partial charge on any atom is -0.503 e. The molecule has 5 nitrogen and oxygen atoms in total. The fourth-order valence-electron chi connectivity index (χ4n) is 3.48. The smallest absolute Gasteiger partial charge is 0.293 e. The fraction of sp³-hybridized carbons (Fsp3) is 0.476. The van der Waals surface area contributed by atoms with Gasteiger partial charge in [0.2, 0.25) is 0 Å². The maximum atomic E-state index is 13.8. The second-order valence-corrected chi connectivity index (χ2v) is 8.15. The Morgan fingerprint density at radius 3 is 2.30 bits per heavy atom. The summed E-state index contributed by atoms with van der Waals surface area (Å²) >= 11 is 0. The zero-order valence-electron chi connectivity index (χ0n) is 16.3. The van der Waals surface area contributed by atoms with Crippen molar-refractivity contribution in [3.05, 3.63) is 63.8 Å². The Labute approximate surface area is 159 Å². The lowest BCUT2D eigenvalue weighted by molar-refractivity contribution is 0.0587. The van der Waals surface area contributed by atoms with Crippen LogP contribution in [-0.4, -0.2) is 51.2 Å². The van der Waals surface area contributed by atoms with E-state index < -0.39 is 5.56 Å². The average molecular weight is 373 g/mol. The normalized spacial score (nSPS) is 16.6. The minimum atomic E-state index is -0.482. The number of hydrogen-bond acceptors (Lipinski definition) is 4. The van der Waals surface area contributed by atoms with E-state index in [-0.39, 0.29) is 23.7 Å². The molecule has 1 aliphatic heterocycles. The van der Waals surface area contributed by atoms with Crippen LogP contribution in [0.1, 0.15) is 31.9 Å². The van der Waals surface area contributed by atoms with Gasteiger partial charge < -0.3 is 9.67 Å². The predicted molar refractivity (Wildman–Crippen MR) is 104 cm³/mol. The molecule has 0 saturated carbocycles. The summed E-state index contributed by atoms with van der Waals surface area (Å²) in [5, 5.41) is 10.4. The summed E-state index contributed by atoms with van der Waals surface area (Å²) in [7, 11) is 0. The van der Waals surface area contributed by atoms with Crippen LogP contribution >= 0.6 is 0 Å². The van der Waals surface area contributed by atoms with Crippen LogP contribution in [0.25, 0.3) is 0 Å². The van der Waals surface area contributed by atoms with Crippen molar-refractivity contribution in [1.82, 2.24) is 14.4 Å². The molecule has 0 atom stereocenters. The van der Waals surface area contributed by atoms with Gasteiger partial charge in [-0.15, -0.1) is 0 Å². The molecular formula is C21H28FN3O2. The van der Waals surface area contributed by atoms with Crippen molar-refractivity contribution in [2.45, 2.75) is 39.4 Å². The Hall–Kier alpha value is -2.18. The van der Waals surface area contributed by atoms with Crippen molar-refractivity contribution < 1.29 is 9.50 Å². The summed E-state index contributed by atoms with van der Waals surface area (Å²) in [6.07, 6.45) is 1.63. The first-order valence-electron chi connectivity index (χ1n) is 9.38. The number of hydrogen-bond donors (Lipinski definition) is 1. The van der Waals surface area contributed by atoms with Crippen molar-refractivity contribution >= 4 is 0 Å². The van der Waals surface area contributed by atoms with E-state index >= 15 is 0 Å². The molecule has 1 aliphatic rings. The SMILES string of the molecule is CC(C)(C)N1CCN(Cc2ccn(Cc3ccccc3F)c(=O)c2O)CC1. The topological polar surface area (TPSA) is 48.7 Å². The van der Waals surface area contributed by atoms with Gasteiger partial charge in [-0.25, -0.2) is 4.39 Å². The zero-order valence-corrected chi connectivity index (χ0v) is 16.3. The van der Waals surface area contributed by atoms with Crippen molar-refractivity contribution in [3.63, 3.8) is 0 Å². The molecule has 0 aliphatic carbocycles. The maximum Gasteiger partial charge on any atom is 0.293 e. The van der Waals surface area contributed by atoms with Gasteiger partial charge in [0.15, 0.2) is 5.75 Å². The molecule has 1 aromatic carbocycles. The molecule has 2 heterocycles. The highest BCUT2D eigenvalue weighted by atomic mass is 19.1. The maximum absolute atomic E-state index is 13.8. The number of benzene rings is 1. The van der Waals surface area contributed by atoms with Gasteiger partial charge in [-0.1, -0.05) is 18.2 Å². The number of piperazine rings is 1. The molecule has 0 amide bonds. The van der Waals surface area contributed by atoms with Crippen LogP contribution < -0.4 is 5.56 Å². The van der Waals surface area contributed by atoms with Gasteiger partial charge in [0.25, 0.3) is 5.56 Å². The molecule has 1 aromatic heterocycles. The van der Waals surface area contributed by atoms with E-state index in [4.69, 9.17) is 0 Å². The molecule has 27 heavy (non-hydrogen) atoms. The van der Waals surface area contributed by atoms with Gasteiger partial charge in [-0.05, 0) is 32.9 Å². The first-order chi connectivity index (χ1) is 12.8. The van der Waals surface area contributed by atoms with E-state index in [1.807, 2.05) is 0 Å². The van der Waals surface area contributed by atoms with Crippen LogP contribution in [0.4, 0.5) is 4.39 Å². The number of halogens is 1. The van der Waals surface area contributed by atoms with Crippen molar-refractivity contribution in [1.29, 1.82) is 0 Å². The number of aromatic hydroxyl groups is 1. The summed E-state index contributed by atoms with van der Waals surface area (Å²) in [6.45, 7) is 11.0. The fourth-order valence-corrected chi connectivity index (χ4v) is 3.48. The highest BCUT2D eigenvalue weighted by Crippen LogP contribution is 2.19. The van der Waals surface area contributed by atoms with Crippen LogP contribution in [0.5, 0.6) is 5.75 Å². The van der Waals surface area contributed by atoms with Crippen LogP contribution in [-0.2, 0) is 13.1 Å². The number of nitrogens with zero attached hydrogens (tertiary/aromatic N) is 3. The van der Waals surface area contributed by atoms with Crippen molar-refractivity contribution in [2.24, 2.45) is 0 Å². The average Bonchev–Trinajstić information content (AvgIpc) is 2.63. The lowest BCUT2D eigenvalue weighted by atomic mass is 10.0. The van der Waals surface area contributed by atoms with Crippen molar-refractivity contribution in [2.75, 3.05) is 26.2 Å². The predicted octanol–water partition coefficient (Wildman–Crippen LogP) is 2.66. The Kier molecular flexibility index (Phi) is 5.67. The second kappa shape index (κ2) is 7.82. The number of rotatable bonds is 4.